The molecule has 0 spiro atoms. The molecule has 0 fully saturated rings. The van der Waals surface area contributed by atoms with Crippen molar-refractivity contribution in [2.45, 2.75) is 26.2 Å². The molecule has 1 aromatic heterocycles. The highest BCUT2D eigenvalue weighted by Gasteiger charge is 2.12. The Balaban J connectivity index is 1.60. The summed E-state index contributed by atoms with van der Waals surface area (Å²) in [7, 11) is 0. The van der Waals surface area contributed by atoms with Crippen molar-refractivity contribution in [3.63, 3.8) is 0 Å². The van der Waals surface area contributed by atoms with Crippen molar-refractivity contribution in [1.29, 1.82) is 0 Å². The molecule has 1 N–H and O–H groups in total. The van der Waals surface area contributed by atoms with Crippen LogP contribution in [0.2, 0.25) is 0 Å². The minimum absolute atomic E-state index is 0.0870. The highest BCUT2D eigenvalue weighted by atomic mass is 32.1. The maximum Gasteiger partial charge on any atom is 0.229 e. The molecule has 4 nitrogen and oxygen atoms in total. The van der Waals surface area contributed by atoms with E-state index in [1.54, 1.807) is 0 Å². The zero-order valence-corrected chi connectivity index (χ0v) is 14.6. The molecule has 1 amide bonds. The summed E-state index contributed by atoms with van der Waals surface area (Å²) in [5, 5.41) is 3.51. The summed E-state index contributed by atoms with van der Waals surface area (Å²) in [6, 6.07) is 15.6. The summed E-state index contributed by atoms with van der Waals surface area (Å²) in [6.45, 7) is 4.64. The first-order chi connectivity index (χ1) is 11.6. The molecule has 24 heavy (non-hydrogen) atoms. The Kier molecular flexibility index (Phi) is 5.11. The number of nitrogens with zero attached hydrogens (tertiary/aromatic N) is 1. The zero-order chi connectivity index (χ0) is 16.9. The second-order valence-electron chi connectivity index (χ2n) is 5.83. The normalized spacial score (nSPS) is 11.0. The van der Waals surface area contributed by atoms with Gasteiger partial charge in [-0.3, -0.25) is 4.79 Å². The van der Waals surface area contributed by atoms with E-state index in [0.717, 1.165) is 16.0 Å². The number of nitrogens with one attached hydrogen (secondary N) is 1. The third kappa shape index (κ3) is 3.92. The predicted molar refractivity (Wildman–Crippen MR) is 98.9 cm³/mol. The molecule has 124 valence electrons. The number of thiazole rings is 1. The van der Waals surface area contributed by atoms with E-state index in [4.69, 9.17) is 4.74 Å². The standard InChI is InChI=1S/C19H20N2O2S/c1-13(2)15-9-6-10-16-18(15)21-19(24-16)20-17(22)11-12-23-14-7-4-3-5-8-14/h3-10,13H,11-12H2,1-2H3,(H,20,21,22). The minimum atomic E-state index is -0.0870. The lowest BCUT2D eigenvalue weighted by Crippen LogP contribution is -2.15. The number of hydrogen-bond donors (Lipinski definition) is 1. The fourth-order valence-electron chi connectivity index (χ4n) is 2.45. The topological polar surface area (TPSA) is 51.2 Å². The summed E-state index contributed by atoms with van der Waals surface area (Å²) in [5.41, 5.74) is 2.19. The Labute approximate surface area is 145 Å². The maximum atomic E-state index is 12.1. The molecule has 0 aliphatic heterocycles. The van der Waals surface area contributed by atoms with Gasteiger partial charge in [-0.25, -0.2) is 4.98 Å². The smallest absolute Gasteiger partial charge is 0.229 e. The van der Waals surface area contributed by atoms with Crippen LogP contribution in [-0.4, -0.2) is 17.5 Å². The number of aromatic nitrogens is 1. The van der Waals surface area contributed by atoms with E-state index >= 15 is 0 Å². The zero-order valence-electron chi connectivity index (χ0n) is 13.8. The van der Waals surface area contributed by atoms with Crippen molar-refractivity contribution in [3.8, 4) is 5.75 Å². The molecule has 0 unspecified atom stereocenters. The van der Waals surface area contributed by atoms with Gasteiger partial charge in [0.15, 0.2) is 5.13 Å². The molecule has 0 aliphatic rings. The van der Waals surface area contributed by atoms with Gasteiger partial charge >= 0.3 is 0 Å². The van der Waals surface area contributed by atoms with E-state index in [1.165, 1.54) is 16.9 Å². The van der Waals surface area contributed by atoms with Gasteiger partial charge in [0.25, 0.3) is 0 Å². The molecule has 0 aliphatic carbocycles. The average molecular weight is 340 g/mol. The number of rotatable bonds is 6. The van der Waals surface area contributed by atoms with Crippen molar-refractivity contribution in [2.24, 2.45) is 0 Å². The van der Waals surface area contributed by atoms with Crippen molar-refractivity contribution in [3.05, 3.63) is 54.1 Å². The first-order valence-electron chi connectivity index (χ1n) is 8.00. The van der Waals surface area contributed by atoms with E-state index in [9.17, 15) is 4.79 Å². The molecular formula is C19H20N2O2S. The highest BCUT2D eigenvalue weighted by molar-refractivity contribution is 7.22. The van der Waals surface area contributed by atoms with Gasteiger partial charge in [-0.15, -0.1) is 0 Å². The first kappa shape index (κ1) is 16.5. The van der Waals surface area contributed by atoms with E-state index in [2.05, 4.69) is 30.2 Å². The van der Waals surface area contributed by atoms with Crippen LogP contribution in [0.1, 0.15) is 31.7 Å². The second-order valence-corrected chi connectivity index (χ2v) is 6.86. The van der Waals surface area contributed by atoms with Crippen LogP contribution in [-0.2, 0) is 4.79 Å². The quantitative estimate of drug-likeness (QED) is 0.699. The molecule has 0 saturated carbocycles. The SMILES string of the molecule is CC(C)c1cccc2sc(NC(=O)CCOc3ccccc3)nc12. The maximum absolute atomic E-state index is 12.1. The molecule has 3 aromatic rings. The number of carbonyl (C=O) groups is 1. The Bertz CT molecular complexity index is 828. The number of fused-ring (bicyclic) bond motifs is 1. The lowest BCUT2D eigenvalue weighted by molar-refractivity contribution is -0.116. The summed E-state index contributed by atoms with van der Waals surface area (Å²) in [6.07, 6.45) is 0.294. The van der Waals surface area contributed by atoms with Crippen molar-refractivity contribution < 1.29 is 9.53 Å². The van der Waals surface area contributed by atoms with Gasteiger partial charge in [-0.2, -0.15) is 0 Å². The van der Waals surface area contributed by atoms with Crippen LogP contribution in [0.25, 0.3) is 10.2 Å². The Hall–Kier alpha value is -2.40. The van der Waals surface area contributed by atoms with Gasteiger partial charge in [0, 0.05) is 0 Å². The van der Waals surface area contributed by atoms with E-state index < -0.39 is 0 Å². The Morgan fingerprint density at radius 1 is 1.17 bits per heavy atom. The number of anilines is 1. The highest BCUT2D eigenvalue weighted by Crippen LogP contribution is 2.31. The van der Waals surface area contributed by atoms with Gasteiger partial charge in [-0.05, 0) is 29.7 Å². The summed E-state index contributed by atoms with van der Waals surface area (Å²) >= 11 is 1.50. The number of hydrogen-bond acceptors (Lipinski definition) is 4. The van der Waals surface area contributed by atoms with Crippen LogP contribution in [0, 0.1) is 0 Å². The molecule has 0 radical (unpaired) electrons. The predicted octanol–water partition coefficient (Wildman–Crippen LogP) is 4.83. The molecule has 1 heterocycles. The number of ether oxygens (including phenoxy) is 1. The molecule has 0 saturated heterocycles. The van der Waals surface area contributed by atoms with Crippen LogP contribution >= 0.6 is 11.3 Å². The van der Waals surface area contributed by atoms with Crippen LogP contribution in [0.5, 0.6) is 5.75 Å². The summed E-state index contributed by atoms with van der Waals surface area (Å²) < 4.78 is 6.64. The van der Waals surface area contributed by atoms with Crippen molar-refractivity contribution >= 4 is 32.6 Å². The molecule has 5 heteroatoms. The van der Waals surface area contributed by atoms with Gasteiger partial charge in [0.05, 0.1) is 23.2 Å². The third-order valence-corrected chi connectivity index (χ3v) is 4.60. The van der Waals surface area contributed by atoms with E-state index in [1.807, 2.05) is 42.5 Å². The van der Waals surface area contributed by atoms with Gasteiger partial charge in [0.2, 0.25) is 5.91 Å². The van der Waals surface area contributed by atoms with Crippen molar-refractivity contribution in [1.82, 2.24) is 4.98 Å². The minimum Gasteiger partial charge on any atom is -0.493 e. The van der Waals surface area contributed by atoms with E-state index in [0.29, 0.717) is 24.1 Å². The number of carbonyl (C=O) groups excluding carboxylic acids is 1. The molecule has 0 atom stereocenters. The van der Waals surface area contributed by atoms with Crippen LogP contribution in [0.4, 0.5) is 5.13 Å². The molecule has 2 aromatic carbocycles. The van der Waals surface area contributed by atoms with Gasteiger partial charge < -0.3 is 10.1 Å². The molecule has 3 rings (SSSR count). The lowest BCUT2D eigenvalue weighted by atomic mass is 10.0. The summed E-state index contributed by atoms with van der Waals surface area (Å²) in [5.74, 6) is 1.08. The first-order valence-corrected chi connectivity index (χ1v) is 8.82. The monoisotopic (exact) mass is 340 g/mol. The summed E-state index contributed by atoms with van der Waals surface area (Å²) in [4.78, 5) is 16.7. The van der Waals surface area contributed by atoms with Crippen molar-refractivity contribution in [2.75, 3.05) is 11.9 Å². The lowest BCUT2D eigenvalue weighted by Gasteiger charge is -2.05. The largest absolute Gasteiger partial charge is 0.493 e. The Morgan fingerprint density at radius 2 is 1.96 bits per heavy atom. The van der Waals surface area contributed by atoms with E-state index in [-0.39, 0.29) is 5.91 Å². The molecular weight excluding hydrogens is 320 g/mol. The number of para-hydroxylation sites is 2. The van der Waals surface area contributed by atoms with Crippen LogP contribution in [0.15, 0.2) is 48.5 Å². The number of benzene rings is 2. The van der Waals surface area contributed by atoms with Gasteiger partial charge in [0.1, 0.15) is 5.75 Å². The Morgan fingerprint density at radius 3 is 2.71 bits per heavy atom. The average Bonchev–Trinajstić information content (AvgIpc) is 2.97. The number of amides is 1. The molecule has 0 bridgehead atoms. The fraction of sp³-hybridized carbons (Fsp3) is 0.263. The van der Waals surface area contributed by atoms with Crippen LogP contribution < -0.4 is 10.1 Å². The van der Waals surface area contributed by atoms with Gasteiger partial charge in [-0.1, -0.05) is 55.5 Å². The third-order valence-electron chi connectivity index (χ3n) is 3.66. The van der Waals surface area contributed by atoms with Crippen LogP contribution in [0.3, 0.4) is 0 Å². The fourth-order valence-corrected chi connectivity index (χ4v) is 3.37. The second kappa shape index (κ2) is 7.45.